The lowest BCUT2D eigenvalue weighted by Crippen LogP contribution is -2.25. The van der Waals surface area contributed by atoms with Crippen LogP contribution in [0.3, 0.4) is 0 Å². The van der Waals surface area contributed by atoms with Gasteiger partial charge in [0.2, 0.25) is 5.91 Å². The maximum atomic E-state index is 10.9. The van der Waals surface area contributed by atoms with E-state index < -0.39 is 0 Å². The lowest BCUT2D eigenvalue weighted by atomic mass is 10.5. The third-order valence-electron chi connectivity index (χ3n) is 1.48. The third kappa shape index (κ3) is 11.5. The molecule has 0 fully saturated rings. The van der Waals surface area contributed by atoms with Gasteiger partial charge in [0.1, 0.15) is 0 Å². The number of amides is 1. The Morgan fingerprint density at radius 2 is 1.93 bits per heavy atom. The minimum Gasteiger partial charge on any atom is -0.379 e. The number of carbonyl (C=O) groups is 1. The van der Waals surface area contributed by atoms with Gasteiger partial charge in [-0.3, -0.25) is 4.79 Å². The van der Waals surface area contributed by atoms with Gasteiger partial charge in [0.05, 0.1) is 19.8 Å². The lowest BCUT2D eigenvalue weighted by Gasteiger charge is -2.05. The molecule has 0 rings (SSSR count). The molecular weight excluding hydrogens is 262 g/mol. The second-order valence-electron chi connectivity index (χ2n) is 2.81. The van der Waals surface area contributed by atoms with Gasteiger partial charge in [-0.25, -0.2) is 0 Å². The van der Waals surface area contributed by atoms with Gasteiger partial charge >= 0.3 is 0 Å². The number of ether oxygens (including phenoxy) is 2. The molecule has 0 aliphatic heterocycles. The van der Waals surface area contributed by atoms with Crippen molar-refractivity contribution in [1.29, 1.82) is 0 Å². The van der Waals surface area contributed by atoms with E-state index in [0.717, 1.165) is 13.0 Å². The summed E-state index contributed by atoms with van der Waals surface area (Å²) in [4.78, 5) is 12.4. The SMILES string of the molecule is CCCOCCOCCNC(=O)/C=C/Br. The van der Waals surface area contributed by atoms with Crippen LogP contribution >= 0.6 is 15.9 Å². The minimum atomic E-state index is -0.127. The van der Waals surface area contributed by atoms with Crippen LogP contribution in [-0.2, 0) is 14.3 Å². The summed E-state index contributed by atoms with van der Waals surface area (Å²) >= 11 is 3.02. The molecule has 1 amide bonds. The van der Waals surface area contributed by atoms with E-state index in [2.05, 4.69) is 28.2 Å². The molecule has 1 N–H and O–H groups in total. The zero-order chi connectivity index (χ0) is 11.4. The van der Waals surface area contributed by atoms with Gasteiger partial charge in [0, 0.05) is 19.2 Å². The van der Waals surface area contributed by atoms with Crippen LogP contribution in [0.4, 0.5) is 0 Å². The Balaban J connectivity index is 3.08. The molecule has 0 bridgehead atoms. The van der Waals surface area contributed by atoms with E-state index in [0.29, 0.717) is 26.4 Å². The Bertz CT molecular complexity index is 186. The van der Waals surface area contributed by atoms with E-state index in [1.807, 2.05) is 0 Å². The maximum Gasteiger partial charge on any atom is 0.244 e. The van der Waals surface area contributed by atoms with E-state index in [1.54, 1.807) is 0 Å². The molecule has 0 unspecified atom stereocenters. The third-order valence-corrected chi connectivity index (χ3v) is 1.74. The Kier molecular flexibility index (Phi) is 11.4. The van der Waals surface area contributed by atoms with Crippen LogP contribution in [0.1, 0.15) is 13.3 Å². The smallest absolute Gasteiger partial charge is 0.244 e. The largest absolute Gasteiger partial charge is 0.379 e. The lowest BCUT2D eigenvalue weighted by molar-refractivity contribution is -0.116. The molecule has 0 heterocycles. The second kappa shape index (κ2) is 11.7. The average Bonchev–Trinajstić information content (AvgIpc) is 2.22. The van der Waals surface area contributed by atoms with Gasteiger partial charge in [-0.05, 0) is 11.4 Å². The first-order valence-electron chi connectivity index (χ1n) is 5.01. The predicted octanol–water partition coefficient (Wildman–Crippen LogP) is 1.45. The number of nitrogens with one attached hydrogen (secondary N) is 1. The summed E-state index contributed by atoms with van der Waals surface area (Å²) in [5.74, 6) is -0.127. The summed E-state index contributed by atoms with van der Waals surface area (Å²) in [6.45, 7) is 5.05. The molecule has 0 atom stereocenters. The monoisotopic (exact) mass is 279 g/mol. The number of rotatable bonds is 9. The molecule has 4 nitrogen and oxygen atoms in total. The first-order valence-corrected chi connectivity index (χ1v) is 5.93. The number of carbonyl (C=O) groups excluding carboxylic acids is 1. The van der Waals surface area contributed by atoms with Gasteiger partial charge in [-0.15, -0.1) is 0 Å². The Hall–Kier alpha value is -0.390. The van der Waals surface area contributed by atoms with Gasteiger partial charge < -0.3 is 14.8 Å². The van der Waals surface area contributed by atoms with Crippen molar-refractivity contribution >= 4 is 21.8 Å². The van der Waals surface area contributed by atoms with Crippen molar-refractivity contribution in [2.75, 3.05) is 33.0 Å². The molecule has 0 saturated heterocycles. The Labute approximate surface area is 99.1 Å². The molecule has 0 aromatic rings. The molecule has 0 spiro atoms. The molecule has 88 valence electrons. The fourth-order valence-electron chi connectivity index (χ4n) is 0.829. The van der Waals surface area contributed by atoms with E-state index in [-0.39, 0.29) is 5.91 Å². The van der Waals surface area contributed by atoms with Crippen LogP contribution in [0.15, 0.2) is 11.1 Å². The Morgan fingerprint density at radius 3 is 2.53 bits per heavy atom. The first-order chi connectivity index (χ1) is 7.31. The quantitative estimate of drug-likeness (QED) is 0.514. The van der Waals surface area contributed by atoms with E-state index in [9.17, 15) is 4.79 Å². The van der Waals surface area contributed by atoms with Gasteiger partial charge in [0.15, 0.2) is 0 Å². The number of hydrogen-bond donors (Lipinski definition) is 1. The molecule has 0 saturated carbocycles. The van der Waals surface area contributed by atoms with Crippen LogP contribution in [0.2, 0.25) is 0 Å². The number of hydrogen-bond acceptors (Lipinski definition) is 3. The normalized spacial score (nSPS) is 10.8. The first kappa shape index (κ1) is 14.6. The van der Waals surface area contributed by atoms with Crippen molar-refractivity contribution in [2.24, 2.45) is 0 Å². The fraction of sp³-hybridized carbons (Fsp3) is 0.700. The second-order valence-corrected chi connectivity index (χ2v) is 3.34. The highest BCUT2D eigenvalue weighted by molar-refractivity contribution is 9.11. The van der Waals surface area contributed by atoms with Crippen molar-refractivity contribution < 1.29 is 14.3 Å². The van der Waals surface area contributed by atoms with Crippen LogP contribution < -0.4 is 5.32 Å². The summed E-state index contributed by atoms with van der Waals surface area (Å²) < 4.78 is 10.5. The molecule has 0 aromatic heterocycles. The van der Waals surface area contributed by atoms with Crippen molar-refractivity contribution in [3.8, 4) is 0 Å². The standard InChI is InChI=1S/C10H18BrNO3/c1-2-6-14-8-9-15-7-5-12-10(13)3-4-11/h3-4H,2,5-9H2,1H3,(H,12,13)/b4-3+. The maximum absolute atomic E-state index is 10.9. The summed E-state index contributed by atoms with van der Waals surface area (Å²) in [7, 11) is 0. The van der Waals surface area contributed by atoms with Crippen LogP contribution in [0, 0.1) is 0 Å². The topological polar surface area (TPSA) is 47.6 Å². The van der Waals surface area contributed by atoms with Crippen LogP contribution in [-0.4, -0.2) is 38.9 Å². The van der Waals surface area contributed by atoms with Crippen molar-refractivity contribution in [1.82, 2.24) is 5.32 Å². The summed E-state index contributed by atoms with van der Waals surface area (Å²) in [5, 5.41) is 2.66. The van der Waals surface area contributed by atoms with Gasteiger partial charge in [-0.1, -0.05) is 22.9 Å². The molecule has 0 radical (unpaired) electrons. The fourth-order valence-corrected chi connectivity index (χ4v) is 1.07. The van der Waals surface area contributed by atoms with Crippen LogP contribution in [0.25, 0.3) is 0 Å². The van der Waals surface area contributed by atoms with Gasteiger partial charge in [-0.2, -0.15) is 0 Å². The predicted molar refractivity (Wildman–Crippen MR) is 63.0 cm³/mol. The summed E-state index contributed by atoms with van der Waals surface area (Å²) in [6, 6.07) is 0. The van der Waals surface area contributed by atoms with Crippen molar-refractivity contribution in [3.05, 3.63) is 11.1 Å². The molecular formula is C10H18BrNO3. The molecule has 0 aromatic carbocycles. The minimum absolute atomic E-state index is 0.127. The molecule has 0 aliphatic carbocycles. The van der Waals surface area contributed by atoms with E-state index in [4.69, 9.17) is 9.47 Å². The van der Waals surface area contributed by atoms with E-state index >= 15 is 0 Å². The summed E-state index contributed by atoms with van der Waals surface area (Å²) in [6.07, 6.45) is 2.43. The highest BCUT2D eigenvalue weighted by Gasteiger charge is 1.93. The van der Waals surface area contributed by atoms with Crippen LogP contribution in [0.5, 0.6) is 0 Å². The molecule has 0 aliphatic rings. The zero-order valence-electron chi connectivity index (χ0n) is 9.00. The van der Waals surface area contributed by atoms with Gasteiger partial charge in [0.25, 0.3) is 0 Å². The Morgan fingerprint density at radius 1 is 1.27 bits per heavy atom. The van der Waals surface area contributed by atoms with Crippen molar-refractivity contribution in [3.63, 3.8) is 0 Å². The molecule has 15 heavy (non-hydrogen) atoms. The summed E-state index contributed by atoms with van der Waals surface area (Å²) in [5.41, 5.74) is 0. The molecule has 5 heteroatoms. The number of halogens is 1. The highest BCUT2D eigenvalue weighted by atomic mass is 79.9. The zero-order valence-corrected chi connectivity index (χ0v) is 10.6. The van der Waals surface area contributed by atoms with E-state index in [1.165, 1.54) is 11.1 Å². The van der Waals surface area contributed by atoms with Crippen molar-refractivity contribution in [2.45, 2.75) is 13.3 Å². The average molecular weight is 280 g/mol. The highest BCUT2D eigenvalue weighted by Crippen LogP contribution is 1.83.